The largest absolute Gasteiger partial charge is 0.114 e. The molecule has 0 aliphatic carbocycles. The molecule has 89 heavy (non-hydrogen) atoms. The van der Waals surface area contributed by atoms with Gasteiger partial charge in [-0.2, -0.15) is 0 Å². The number of hydrogen-bond donors (Lipinski definition) is 0. The van der Waals surface area contributed by atoms with Crippen LogP contribution in [0.3, 0.4) is 0 Å². The normalized spacial score (nSPS) is 9.99. The molecule has 0 aliphatic rings. The van der Waals surface area contributed by atoms with Gasteiger partial charge in [0.25, 0.3) is 0 Å². The monoisotopic (exact) mass is 1080 g/mol. The highest BCUT2D eigenvalue weighted by molar-refractivity contribution is 8.18. The fourth-order valence-electron chi connectivity index (χ4n) is 23.3. The average molecular weight is 1070 g/mol. The van der Waals surface area contributed by atoms with E-state index in [9.17, 15) is 0 Å². The maximum atomic E-state index is 2.77. The van der Waals surface area contributed by atoms with E-state index in [2.05, 4.69) is 324 Å². The Morgan fingerprint density at radius 1 is 0.236 bits per heavy atom. The standard InChI is InChI=1S/C9H92B80/c1-2-4-5(3-54(79(52-11)60(15)16)81(62(19)20)63(21)22)7(55(82(64(23)24)65(25)26)83(66(27)28)67(29)30)9(57(85(70(35)36)71(37)38)87(74(43)44)77(49)51-10)8(58(86(72(39)40)73(41)42)88(75(45)46)78(50)59(13)14)6(4)56(84(68(31)32)69(33)34)89(76(47)48)80(53-12)61(17)18/h51-53H,2-3,10-50H2,1H3. The van der Waals surface area contributed by atoms with Gasteiger partial charge in [0.05, 0.1) is 350 Å². The van der Waals surface area contributed by atoms with Crippen LogP contribution in [0.4, 0.5) is 0 Å². The molecule has 0 unspecified atom stereocenters. The molecule has 1 rings (SSSR count). The smallest absolute Gasteiger partial charge is 0.0802 e. The van der Waals surface area contributed by atoms with Crippen molar-refractivity contribution in [1.82, 2.24) is 0 Å². The fourth-order valence-corrected chi connectivity index (χ4v) is 23.3. The Kier molecular flexibility index (Phi) is 43.3. The van der Waals surface area contributed by atoms with Crippen molar-refractivity contribution in [3.63, 3.8) is 0 Å². The molecular weight excluding hydrogens is 973 g/mol. The van der Waals surface area contributed by atoms with Crippen molar-refractivity contribution < 1.29 is 0 Å². The third-order valence-electron chi connectivity index (χ3n) is 26.0. The highest BCUT2D eigenvalue weighted by Crippen LogP contribution is 2.22. The minimum atomic E-state index is 0.389. The predicted octanol–water partition coefficient (Wildman–Crippen LogP) is -54.2. The third-order valence-corrected chi connectivity index (χ3v) is 26.0. The zero-order chi connectivity index (χ0) is 69.8. The van der Waals surface area contributed by atoms with Gasteiger partial charge in [-0.05, 0) is 6.42 Å². The molecule has 0 fully saturated rings. The Hall–Kier alpha value is 4.41. The Morgan fingerprint density at radius 3 is 0.708 bits per heavy atom. The maximum Gasteiger partial charge on any atom is 0.0802 e. The summed E-state index contributed by atoms with van der Waals surface area (Å²) in [5, 5.41) is 0. The quantitative estimate of drug-likeness (QED) is 0.0574. The van der Waals surface area contributed by atoms with Crippen molar-refractivity contribution >= 4 is 591 Å². The molecule has 0 amide bonds. The first-order valence-electron chi connectivity index (χ1n) is 40.1. The molecule has 0 spiro atoms. The van der Waals surface area contributed by atoms with E-state index in [1.165, 1.54) is 27.5 Å². The van der Waals surface area contributed by atoms with Gasteiger partial charge in [0.15, 0.2) is 0 Å². The lowest BCUT2D eigenvalue weighted by Gasteiger charge is -2.52. The predicted molar refractivity (Wildman–Crippen MR) is 617 cm³/mol. The molecule has 0 radical (unpaired) electrons. The van der Waals surface area contributed by atoms with Crippen LogP contribution in [0.1, 0.15) is 18.1 Å². The van der Waals surface area contributed by atoms with E-state index in [1.54, 1.807) is 0 Å². The van der Waals surface area contributed by atoms with E-state index < -0.39 is 0 Å². The lowest BCUT2D eigenvalue weighted by Crippen LogP contribution is -2.92. The van der Waals surface area contributed by atoms with Gasteiger partial charge in [0, 0.05) is 219 Å². The highest BCUT2D eigenvalue weighted by atomic mass is 14.1. The molecule has 0 saturated heterocycles. The van der Waals surface area contributed by atoms with Gasteiger partial charge >= 0.3 is 0 Å². The van der Waals surface area contributed by atoms with E-state index >= 15 is 0 Å². The Bertz CT molecular complexity index is 2030. The number of hydrogen-bond acceptors (Lipinski definition) is 0. The van der Waals surface area contributed by atoms with Crippen LogP contribution in [0.5, 0.6) is 0 Å². The summed E-state index contributed by atoms with van der Waals surface area (Å²) in [6.45, 7) is 4.90. The molecule has 0 nitrogen and oxygen atoms in total. The Labute approximate surface area is 615 Å². The van der Waals surface area contributed by atoms with Gasteiger partial charge in [0.2, 0.25) is 0 Å². The van der Waals surface area contributed by atoms with Crippen molar-refractivity contribution in [2.75, 3.05) is 0 Å². The molecule has 1 aromatic rings. The molecule has 0 aromatic heterocycles. The van der Waals surface area contributed by atoms with Gasteiger partial charge < -0.3 is 0 Å². The van der Waals surface area contributed by atoms with E-state index in [4.69, 9.17) is 0 Å². The summed E-state index contributed by atoms with van der Waals surface area (Å²) in [6, 6.07) is 0. The van der Waals surface area contributed by atoms with E-state index in [0.717, 1.165) is 6.42 Å². The molecule has 1 aromatic carbocycles. The van der Waals surface area contributed by atoms with Crippen LogP contribution in [-0.2, 0) is 12.7 Å². The second kappa shape index (κ2) is 42.1. The van der Waals surface area contributed by atoms with E-state index in [0.29, 0.717) is 230 Å². The summed E-state index contributed by atoms with van der Waals surface area (Å²) >= 11 is 0. The van der Waals surface area contributed by atoms with Gasteiger partial charge in [-0.25, -0.2) is 0 Å². The van der Waals surface area contributed by atoms with Crippen LogP contribution in [0, 0.1) is 0 Å². The van der Waals surface area contributed by atoms with Crippen LogP contribution in [-0.4, -0.2) is 569 Å². The second-order valence-corrected chi connectivity index (χ2v) is 37.9. The summed E-state index contributed by atoms with van der Waals surface area (Å²) in [5.41, 5.74) is 11.7. The summed E-state index contributed by atoms with van der Waals surface area (Å²) in [7, 11) is 114. The highest BCUT2D eigenvalue weighted by Gasteiger charge is 2.58. The second-order valence-electron chi connectivity index (χ2n) is 37.9. The molecule has 0 heterocycles. The zero-order valence-corrected chi connectivity index (χ0v) is 69.3. The minimum Gasteiger partial charge on any atom is -0.114 e. The van der Waals surface area contributed by atoms with Gasteiger partial charge in [0.1, 0.15) is 0 Å². The van der Waals surface area contributed by atoms with Gasteiger partial charge in [-0.15, -0.1) is 21.9 Å². The lowest BCUT2D eigenvalue weighted by molar-refractivity contribution is 1.12. The van der Waals surface area contributed by atoms with Gasteiger partial charge in [-0.3, -0.25) is 0 Å². The fraction of sp³-hybridized carbons (Fsp3) is 0.333. The molecular formula is C9H92B80. The first-order valence-corrected chi connectivity index (χ1v) is 40.1. The third kappa shape index (κ3) is 23.2. The van der Waals surface area contributed by atoms with Crippen molar-refractivity contribution in [3.05, 3.63) is 11.1 Å². The summed E-state index contributed by atoms with van der Waals surface area (Å²) in [6.07, 6.45) is 19.2. The topological polar surface area (TPSA) is 0 Å². The lowest BCUT2D eigenvalue weighted by atomic mass is 8.43. The maximum absolute atomic E-state index is 2.77. The SMILES string of the molecule is BBB(B)B(B(B)B)B(B(B(B)B)B(B)B)c1c(B(B(B(B)B)B(B)B)B(B(B)B)B(B)B)c(CB(B(BB)B(B)B)B(B(B)B)B(B)B)c(CC)c(B(B(B(B)B)B(B)B)B(B(B)B)B(BB)B(B)B)c1B(B(B(B)B)B(B)B)B(B(B)B)B(B)B(B)B. The number of rotatable bonds is 41. The molecule has 0 N–H and O–H groups in total. The summed E-state index contributed by atoms with van der Waals surface area (Å²) < 4.78 is 0. The molecule has 368 valence electrons. The van der Waals surface area contributed by atoms with Crippen LogP contribution in [0.2, 0.25) is 0 Å². The minimum absolute atomic E-state index is 0.389. The van der Waals surface area contributed by atoms with Crippen molar-refractivity contribution in [2.24, 2.45) is 0 Å². The van der Waals surface area contributed by atoms with Crippen LogP contribution >= 0.6 is 0 Å². The Balaban J connectivity index is 7.17. The number of benzene rings is 1. The molecule has 0 aliphatic heterocycles. The summed E-state index contributed by atoms with van der Waals surface area (Å²) in [5.74, 6) is 0. The summed E-state index contributed by atoms with van der Waals surface area (Å²) in [4.78, 5) is 0. The van der Waals surface area contributed by atoms with Crippen LogP contribution in [0.15, 0.2) is 0 Å². The zero-order valence-electron chi connectivity index (χ0n) is 69.3. The van der Waals surface area contributed by atoms with Crippen molar-refractivity contribution in [3.8, 4) is 0 Å². The Morgan fingerprint density at radius 2 is 0.483 bits per heavy atom. The molecule has 0 bridgehead atoms. The molecule has 80 heteroatoms. The molecule has 0 atom stereocenters. The van der Waals surface area contributed by atoms with E-state index in [1.807, 2.05) is 33.0 Å². The van der Waals surface area contributed by atoms with Crippen LogP contribution < -0.4 is 21.9 Å². The first-order chi connectivity index (χ1) is 40.9. The van der Waals surface area contributed by atoms with Crippen LogP contribution in [0.25, 0.3) is 0 Å². The van der Waals surface area contributed by atoms with E-state index in [-0.39, 0.29) is 0 Å². The average Bonchev–Trinajstić information content (AvgIpc) is 1.10. The molecule has 0 saturated carbocycles. The van der Waals surface area contributed by atoms with Crippen molar-refractivity contribution in [1.29, 1.82) is 0 Å². The van der Waals surface area contributed by atoms with Gasteiger partial charge in [-0.1, -0.05) is 24.4 Å². The first kappa shape index (κ1) is 91.4. The van der Waals surface area contributed by atoms with Crippen molar-refractivity contribution in [2.45, 2.75) is 19.7 Å².